The van der Waals surface area contributed by atoms with Gasteiger partial charge in [0.2, 0.25) is 0 Å². The average molecular weight is 294 g/mol. The summed E-state index contributed by atoms with van der Waals surface area (Å²) >= 11 is 5.85. The van der Waals surface area contributed by atoms with Gasteiger partial charge in [-0.1, -0.05) is 23.7 Å². The molecule has 2 rings (SSSR count). The molecule has 0 aliphatic rings. The fourth-order valence-electron chi connectivity index (χ4n) is 2.02. The predicted octanol–water partition coefficient (Wildman–Crippen LogP) is 3.82. The van der Waals surface area contributed by atoms with Crippen molar-refractivity contribution in [2.24, 2.45) is 0 Å². The van der Waals surface area contributed by atoms with E-state index in [0.29, 0.717) is 10.6 Å². The standard InChI is InChI=1S/C16H17ClFNO/c1-19(2)14-6-3-11(4-7-14)16(20)10-12-9-13(17)5-8-15(12)18/h3-9,16,20H,10H2,1-2H3. The monoisotopic (exact) mass is 293 g/mol. The first kappa shape index (κ1) is 14.8. The highest BCUT2D eigenvalue weighted by Crippen LogP contribution is 2.24. The van der Waals surface area contributed by atoms with Gasteiger partial charge < -0.3 is 10.0 Å². The second kappa shape index (κ2) is 6.25. The maximum Gasteiger partial charge on any atom is 0.126 e. The molecule has 2 nitrogen and oxygen atoms in total. The van der Waals surface area contributed by atoms with Crippen LogP contribution in [-0.2, 0) is 6.42 Å². The molecule has 0 fully saturated rings. The summed E-state index contributed by atoms with van der Waals surface area (Å²) in [5.74, 6) is -0.349. The number of halogens is 2. The van der Waals surface area contributed by atoms with Crippen molar-refractivity contribution in [3.63, 3.8) is 0 Å². The molecule has 0 aliphatic heterocycles. The van der Waals surface area contributed by atoms with Crippen molar-refractivity contribution in [3.8, 4) is 0 Å². The molecule has 4 heteroatoms. The Hall–Kier alpha value is -1.58. The summed E-state index contributed by atoms with van der Waals surface area (Å²) in [5, 5.41) is 10.7. The maximum atomic E-state index is 13.6. The van der Waals surface area contributed by atoms with E-state index in [4.69, 9.17) is 11.6 Å². The van der Waals surface area contributed by atoms with Crippen LogP contribution in [0.1, 0.15) is 17.2 Å². The fourth-order valence-corrected chi connectivity index (χ4v) is 2.22. The lowest BCUT2D eigenvalue weighted by molar-refractivity contribution is 0.177. The average Bonchev–Trinajstić information content (AvgIpc) is 2.43. The van der Waals surface area contributed by atoms with E-state index in [-0.39, 0.29) is 12.2 Å². The zero-order valence-electron chi connectivity index (χ0n) is 11.5. The lowest BCUT2D eigenvalue weighted by Gasteiger charge is -2.15. The van der Waals surface area contributed by atoms with Crippen molar-refractivity contribution >= 4 is 17.3 Å². The first-order chi connectivity index (χ1) is 9.47. The van der Waals surface area contributed by atoms with Gasteiger partial charge >= 0.3 is 0 Å². The van der Waals surface area contributed by atoms with Gasteiger partial charge in [0.25, 0.3) is 0 Å². The van der Waals surface area contributed by atoms with Crippen LogP contribution in [0.4, 0.5) is 10.1 Å². The van der Waals surface area contributed by atoms with Crippen LogP contribution in [0.3, 0.4) is 0 Å². The van der Waals surface area contributed by atoms with Crippen LogP contribution in [0.2, 0.25) is 5.02 Å². The molecule has 1 N–H and O–H groups in total. The molecule has 2 aromatic carbocycles. The number of benzene rings is 2. The van der Waals surface area contributed by atoms with Gasteiger partial charge in [-0.25, -0.2) is 4.39 Å². The minimum atomic E-state index is -0.751. The Morgan fingerprint density at radius 2 is 1.80 bits per heavy atom. The number of hydrogen-bond donors (Lipinski definition) is 1. The lowest BCUT2D eigenvalue weighted by atomic mass is 10.0. The number of nitrogens with zero attached hydrogens (tertiary/aromatic N) is 1. The first-order valence-electron chi connectivity index (χ1n) is 6.36. The predicted molar refractivity (Wildman–Crippen MR) is 80.8 cm³/mol. The van der Waals surface area contributed by atoms with Crippen molar-refractivity contribution in [2.45, 2.75) is 12.5 Å². The van der Waals surface area contributed by atoms with Gasteiger partial charge in [-0.05, 0) is 41.5 Å². The number of anilines is 1. The third kappa shape index (κ3) is 3.50. The SMILES string of the molecule is CN(C)c1ccc(C(O)Cc2cc(Cl)ccc2F)cc1. The normalized spacial score (nSPS) is 12.2. The van der Waals surface area contributed by atoms with Gasteiger partial charge in [-0.3, -0.25) is 0 Å². The molecule has 0 aromatic heterocycles. The lowest BCUT2D eigenvalue weighted by Crippen LogP contribution is -2.09. The summed E-state index contributed by atoms with van der Waals surface area (Å²) in [4.78, 5) is 1.98. The Kier molecular flexibility index (Phi) is 4.63. The topological polar surface area (TPSA) is 23.5 Å². The largest absolute Gasteiger partial charge is 0.388 e. The molecule has 2 aromatic rings. The highest BCUT2D eigenvalue weighted by molar-refractivity contribution is 6.30. The molecule has 0 amide bonds. The van der Waals surface area contributed by atoms with Crippen LogP contribution in [0.25, 0.3) is 0 Å². The van der Waals surface area contributed by atoms with Crippen molar-refractivity contribution in [2.75, 3.05) is 19.0 Å². The van der Waals surface area contributed by atoms with Gasteiger partial charge in [-0.2, -0.15) is 0 Å². The molecule has 0 saturated carbocycles. The van der Waals surface area contributed by atoms with E-state index in [1.54, 1.807) is 6.07 Å². The first-order valence-corrected chi connectivity index (χ1v) is 6.74. The van der Waals surface area contributed by atoms with Crippen molar-refractivity contribution in [1.82, 2.24) is 0 Å². The second-order valence-electron chi connectivity index (χ2n) is 4.94. The van der Waals surface area contributed by atoms with E-state index in [2.05, 4.69) is 0 Å². The van der Waals surface area contributed by atoms with Crippen LogP contribution >= 0.6 is 11.6 Å². The molecule has 0 aliphatic carbocycles. The molecule has 0 spiro atoms. The summed E-state index contributed by atoms with van der Waals surface area (Å²) in [6.45, 7) is 0. The van der Waals surface area contributed by atoms with Gasteiger partial charge in [0.1, 0.15) is 5.82 Å². The minimum absolute atomic E-state index is 0.202. The molecule has 1 unspecified atom stereocenters. The van der Waals surface area contributed by atoms with Crippen LogP contribution in [0.15, 0.2) is 42.5 Å². The van der Waals surface area contributed by atoms with E-state index in [0.717, 1.165) is 11.3 Å². The van der Waals surface area contributed by atoms with Gasteiger partial charge in [0.15, 0.2) is 0 Å². The summed E-state index contributed by atoms with van der Waals surface area (Å²) in [6.07, 6.45) is -0.549. The Bertz CT molecular complexity index is 584. The van der Waals surface area contributed by atoms with Crippen LogP contribution in [0.5, 0.6) is 0 Å². The van der Waals surface area contributed by atoms with Crippen LogP contribution in [0, 0.1) is 5.82 Å². The molecular formula is C16H17ClFNO. The van der Waals surface area contributed by atoms with Gasteiger partial charge in [0, 0.05) is 31.2 Å². The number of hydrogen-bond acceptors (Lipinski definition) is 2. The van der Waals surface area contributed by atoms with Crippen molar-refractivity contribution in [1.29, 1.82) is 0 Å². The van der Waals surface area contributed by atoms with E-state index >= 15 is 0 Å². The quantitative estimate of drug-likeness (QED) is 0.926. The van der Waals surface area contributed by atoms with Gasteiger partial charge in [-0.15, -0.1) is 0 Å². The Labute approximate surface area is 123 Å². The minimum Gasteiger partial charge on any atom is -0.388 e. The molecule has 20 heavy (non-hydrogen) atoms. The van der Waals surface area contributed by atoms with Crippen LogP contribution < -0.4 is 4.90 Å². The molecular weight excluding hydrogens is 277 g/mol. The second-order valence-corrected chi connectivity index (χ2v) is 5.38. The number of aliphatic hydroxyl groups is 1. The zero-order valence-corrected chi connectivity index (χ0v) is 12.2. The summed E-state index contributed by atoms with van der Waals surface area (Å²) < 4.78 is 13.6. The molecule has 0 bridgehead atoms. The molecule has 0 heterocycles. The van der Waals surface area contributed by atoms with E-state index < -0.39 is 6.10 Å². The van der Waals surface area contributed by atoms with Crippen molar-refractivity contribution in [3.05, 3.63) is 64.4 Å². The van der Waals surface area contributed by atoms with Crippen LogP contribution in [-0.4, -0.2) is 19.2 Å². The summed E-state index contributed by atoms with van der Waals surface area (Å²) in [7, 11) is 3.90. The number of aliphatic hydroxyl groups excluding tert-OH is 1. The third-order valence-corrected chi connectivity index (χ3v) is 3.45. The van der Waals surface area contributed by atoms with E-state index in [1.807, 2.05) is 43.3 Å². The highest BCUT2D eigenvalue weighted by atomic mass is 35.5. The summed E-state index contributed by atoms with van der Waals surface area (Å²) in [6, 6.07) is 11.9. The zero-order chi connectivity index (χ0) is 14.7. The van der Waals surface area contributed by atoms with Crippen molar-refractivity contribution < 1.29 is 9.50 Å². The molecule has 106 valence electrons. The fraction of sp³-hybridized carbons (Fsp3) is 0.250. The molecule has 0 saturated heterocycles. The third-order valence-electron chi connectivity index (χ3n) is 3.22. The molecule has 0 radical (unpaired) electrons. The van der Waals surface area contributed by atoms with Gasteiger partial charge in [0.05, 0.1) is 6.10 Å². The number of rotatable bonds is 4. The maximum absolute atomic E-state index is 13.6. The Morgan fingerprint density at radius 1 is 1.15 bits per heavy atom. The highest BCUT2D eigenvalue weighted by Gasteiger charge is 2.12. The smallest absolute Gasteiger partial charge is 0.126 e. The molecule has 1 atom stereocenters. The van der Waals surface area contributed by atoms with E-state index in [1.165, 1.54) is 12.1 Å². The van der Waals surface area contributed by atoms with E-state index in [9.17, 15) is 9.50 Å². The Balaban J connectivity index is 2.15. The summed E-state index contributed by atoms with van der Waals surface area (Å²) in [5.41, 5.74) is 2.23. The Morgan fingerprint density at radius 3 is 2.40 bits per heavy atom.